The monoisotopic (exact) mass is 110 g/mol. The maximum atomic E-state index is 3.58. The summed E-state index contributed by atoms with van der Waals surface area (Å²) in [5.41, 5.74) is 3.99. The van der Waals surface area contributed by atoms with Crippen LogP contribution >= 0.6 is 0 Å². The Kier molecular flexibility index (Phi) is 3.81. The summed E-state index contributed by atoms with van der Waals surface area (Å²) in [6.45, 7) is 3.92. The molecule has 0 aliphatic rings. The Morgan fingerprint density at radius 1 is 1.50 bits per heavy atom. The molecule has 0 saturated carbocycles. The van der Waals surface area contributed by atoms with Crippen molar-refractivity contribution in [3.63, 3.8) is 0 Å². The number of nitrogens with zero attached hydrogens (tertiary/aromatic N) is 2. The zero-order chi connectivity index (χ0) is 6.41. The van der Waals surface area contributed by atoms with Gasteiger partial charge in [-0.15, -0.1) is 5.73 Å². The van der Waals surface area contributed by atoms with Gasteiger partial charge in [0.25, 0.3) is 0 Å². The molecule has 0 aromatic rings. The van der Waals surface area contributed by atoms with E-state index in [9.17, 15) is 0 Å². The van der Waals surface area contributed by atoms with E-state index in [-0.39, 0.29) is 0 Å². The van der Waals surface area contributed by atoms with Gasteiger partial charge in [-0.2, -0.15) is 10.2 Å². The Morgan fingerprint density at radius 2 is 2.12 bits per heavy atom. The first-order valence-corrected chi connectivity index (χ1v) is 2.44. The van der Waals surface area contributed by atoms with Crippen molar-refractivity contribution in [2.24, 2.45) is 10.2 Å². The maximum absolute atomic E-state index is 3.58. The lowest BCUT2D eigenvalue weighted by Crippen LogP contribution is -1.52. The van der Waals surface area contributed by atoms with E-state index in [4.69, 9.17) is 0 Å². The van der Waals surface area contributed by atoms with Crippen LogP contribution < -0.4 is 0 Å². The molecule has 2 heteroatoms. The van der Waals surface area contributed by atoms with Crippen LogP contribution in [0.2, 0.25) is 0 Å². The van der Waals surface area contributed by atoms with Gasteiger partial charge in [-0.1, -0.05) is 0 Å². The number of allylic oxidation sites excluding steroid dienone is 1. The van der Waals surface area contributed by atoms with Gasteiger partial charge >= 0.3 is 0 Å². The topological polar surface area (TPSA) is 24.7 Å². The molecule has 0 saturated heterocycles. The molecule has 0 atom stereocenters. The van der Waals surface area contributed by atoms with Gasteiger partial charge in [-0.3, -0.25) is 0 Å². The van der Waals surface area contributed by atoms with E-state index in [2.05, 4.69) is 16.0 Å². The minimum atomic E-state index is 1.11. The summed E-state index contributed by atoms with van der Waals surface area (Å²) in [6, 6.07) is 0. The zero-order valence-corrected chi connectivity index (χ0v) is 5.47. The van der Waals surface area contributed by atoms with Gasteiger partial charge < -0.3 is 0 Å². The molecule has 0 amide bonds. The van der Waals surface area contributed by atoms with Crippen LogP contribution in [0.5, 0.6) is 0 Å². The standard InChI is InChI=1S/C6H10N2/c1-6(2)4-5-8-7-3/h5H,1-3H3. The molecule has 0 spiro atoms. The Bertz CT molecular complexity index is 135. The Balaban J connectivity index is 3.83. The summed E-state index contributed by atoms with van der Waals surface area (Å²) in [6.07, 6.45) is 1.55. The van der Waals surface area contributed by atoms with E-state index in [1.54, 1.807) is 13.2 Å². The van der Waals surface area contributed by atoms with Gasteiger partial charge in [0.05, 0.1) is 6.20 Å². The summed E-state index contributed by atoms with van der Waals surface area (Å²) in [4.78, 5) is 0. The molecule has 0 unspecified atom stereocenters. The minimum Gasteiger partial charge on any atom is -0.192 e. The summed E-state index contributed by atoms with van der Waals surface area (Å²) in [5, 5.41) is 7.08. The van der Waals surface area contributed by atoms with Crippen molar-refractivity contribution in [3.05, 3.63) is 17.5 Å². The maximum Gasteiger partial charge on any atom is 0.0909 e. The molecule has 0 rings (SSSR count). The first-order chi connectivity index (χ1) is 3.77. The highest BCUT2D eigenvalue weighted by Gasteiger charge is 1.63. The number of rotatable bonds is 1. The smallest absolute Gasteiger partial charge is 0.0909 e. The Morgan fingerprint density at radius 3 is 2.50 bits per heavy atom. The summed E-state index contributed by atoms with van der Waals surface area (Å²) >= 11 is 0. The third-order valence-corrected chi connectivity index (χ3v) is 0.526. The second-order valence-electron chi connectivity index (χ2n) is 1.59. The lowest BCUT2D eigenvalue weighted by molar-refractivity contribution is 1.16. The van der Waals surface area contributed by atoms with E-state index in [0.717, 1.165) is 5.57 Å². The van der Waals surface area contributed by atoms with Gasteiger partial charge in [0.2, 0.25) is 0 Å². The van der Waals surface area contributed by atoms with Crippen LogP contribution in [0.3, 0.4) is 0 Å². The van der Waals surface area contributed by atoms with Crippen molar-refractivity contribution in [2.45, 2.75) is 13.8 Å². The molecule has 0 bridgehead atoms. The normalized spacial score (nSPS) is 8.88. The van der Waals surface area contributed by atoms with Gasteiger partial charge in [0.1, 0.15) is 0 Å². The molecule has 0 aromatic heterocycles. The molecule has 0 radical (unpaired) electrons. The van der Waals surface area contributed by atoms with Crippen LogP contribution in [0.1, 0.15) is 13.8 Å². The van der Waals surface area contributed by atoms with Gasteiger partial charge in [-0.25, -0.2) is 0 Å². The quantitative estimate of drug-likeness (QED) is 0.365. The minimum absolute atomic E-state index is 1.11. The lowest BCUT2D eigenvalue weighted by Gasteiger charge is -1.71. The van der Waals surface area contributed by atoms with Crippen LogP contribution in [0, 0.1) is 0 Å². The Hall–Kier alpha value is -0.880. The second-order valence-corrected chi connectivity index (χ2v) is 1.59. The Labute approximate surface area is 49.6 Å². The zero-order valence-electron chi connectivity index (χ0n) is 5.47. The highest BCUT2D eigenvalue weighted by Crippen LogP contribution is 1.82. The molecule has 2 nitrogen and oxygen atoms in total. The molecule has 0 fully saturated rings. The summed E-state index contributed by atoms with van der Waals surface area (Å²) in [7, 11) is 1.63. The molecule has 0 heterocycles. The van der Waals surface area contributed by atoms with Crippen molar-refractivity contribution in [1.29, 1.82) is 0 Å². The molecular weight excluding hydrogens is 100 g/mol. The third kappa shape index (κ3) is 5.12. The third-order valence-electron chi connectivity index (χ3n) is 0.526. The number of hydrogen-bond acceptors (Lipinski definition) is 2. The second kappa shape index (κ2) is 4.28. The van der Waals surface area contributed by atoms with E-state index >= 15 is 0 Å². The molecular formula is C6H10N2. The average molecular weight is 110 g/mol. The summed E-state index contributed by atoms with van der Waals surface area (Å²) in [5.74, 6) is 0. The fourth-order valence-electron chi connectivity index (χ4n) is 0.216. The van der Waals surface area contributed by atoms with Crippen molar-refractivity contribution >= 4 is 0 Å². The van der Waals surface area contributed by atoms with Crippen molar-refractivity contribution in [3.8, 4) is 0 Å². The number of azo groups is 1. The number of hydrogen-bond donors (Lipinski definition) is 0. The van der Waals surface area contributed by atoms with Crippen LogP contribution in [-0.2, 0) is 0 Å². The van der Waals surface area contributed by atoms with E-state index in [1.807, 2.05) is 13.8 Å². The fraction of sp³-hybridized carbons (Fsp3) is 0.500. The van der Waals surface area contributed by atoms with Gasteiger partial charge in [-0.05, 0) is 19.4 Å². The summed E-state index contributed by atoms with van der Waals surface area (Å²) < 4.78 is 0. The molecule has 0 aliphatic carbocycles. The molecule has 0 N–H and O–H groups in total. The van der Waals surface area contributed by atoms with Crippen molar-refractivity contribution in [1.82, 2.24) is 0 Å². The van der Waals surface area contributed by atoms with E-state index in [1.165, 1.54) is 0 Å². The largest absolute Gasteiger partial charge is 0.192 e. The van der Waals surface area contributed by atoms with Crippen molar-refractivity contribution in [2.75, 3.05) is 7.05 Å². The molecule has 44 valence electrons. The SMILES string of the molecule is CN=NC=C=C(C)C. The van der Waals surface area contributed by atoms with E-state index in [0.29, 0.717) is 0 Å². The van der Waals surface area contributed by atoms with E-state index < -0.39 is 0 Å². The van der Waals surface area contributed by atoms with Gasteiger partial charge in [0, 0.05) is 7.05 Å². The van der Waals surface area contributed by atoms with Crippen LogP contribution in [0.15, 0.2) is 27.7 Å². The average Bonchev–Trinajstić information content (AvgIpc) is 1.66. The first-order valence-electron chi connectivity index (χ1n) is 2.44. The molecule has 8 heavy (non-hydrogen) atoms. The first kappa shape index (κ1) is 7.12. The lowest BCUT2D eigenvalue weighted by atomic mass is 10.4. The fourth-order valence-corrected chi connectivity index (χ4v) is 0.216. The highest BCUT2D eigenvalue weighted by atomic mass is 15.1. The van der Waals surface area contributed by atoms with Crippen molar-refractivity contribution < 1.29 is 0 Å². The predicted octanol–water partition coefficient (Wildman–Crippen LogP) is 2.15. The predicted molar refractivity (Wildman–Crippen MR) is 33.7 cm³/mol. The molecule has 0 aromatic carbocycles. The van der Waals surface area contributed by atoms with Gasteiger partial charge in [0.15, 0.2) is 0 Å². The van der Waals surface area contributed by atoms with Crippen LogP contribution in [-0.4, -0.2) is 7.05 Å². The highest BCUT2D eigenvalue weighted by molar-refractivity contribution is 4.92. The van der Waals surface area contributed by atoms with Crippen LogP contribution in [0.4, 0.5) is 0 Å². The molecule has 0 aliphatic heterocycles. The van der Waals surface area contributed by atoms with Crippen LogP contribution in [0.25, 0.3) is 0 Å².